The largest absolute Gasteiger partial charge is 0.444 e. The zero-order valence-electron chi connectivity index (χ0n) is 16.4. The average molecular weight is 345 g/mol. The number of carbonyl (C=O) groups excluding carboxylic acids is 1. The molecular formula is C20H31N3O2. The SMILES string of the molecule is CC(C)=Cc1cccnc1N(C)C1CCN(C(=O)OC(C)(C)C)CC1. The molecule has 5 heteroatoms. The summed E-state index contributed by atoms with van der Waals surface area (Å²) in [6.45, 7) is 11.3. The number of nitrogens with zero attached hydrogens (tertiary/aromatic N) is 3. The first-order valence-corrected chi connectivity index (χ1v) is 8.98. The number of amides is 1. The first-order chi connectivity index (χ1) is 11.7. The van der Waals surface area contributed by atoms with Gasteiger partial charge in [0.25, 0.3) is 0 Å². The molecule has 0 aromatic carbocycles. The molecule has 2 rings (SSSR count). The monoisotopic (exact) mass is 345 g/mol. The normalized spacial score (nSPS) is 15.7. The molecule has 1 aliphatic rings. The number of pyridine rings is 1. The highest BCUT2D eigenvalue weighted by Gasteiger charge is 2.29. The molecule has 0 saturated carbocycles. The molecule has 138 valence electrons. The minimum Gasteiger partial charge on any atom is -0.444 e. The van der Waals surface area contributed by atoms with Crippen LogP contribution in [0.4, 0.5) is 10.6 Å². The van der Waals surface area contributed by atoms with Crippen molar-refractivity contribution in [1.29, 1.82) is 0 Å². The lowest BCUT2D eigenvalue weighted by molar-refractivity contribution is 0.0205. The molecular weight excluding hydrogens is 314 g/mol. The summed E-state index contributed by atoms with van der Waals surface area (Å²) in [7, 11) is 2.10. The maximum absolute atomic E-state index is 12.2. The van der Waals surface area contributed by atoms with Crippen LogP contribution in [0.3, 0.4) is 0 Å². The summed E-state index contributed by atoms with van der Waals surface area (Å²) in [6.07, 6.45) is 5.62. The molecule has 5 nitrogen and oxygen atoms in total. The van der Waals surface area contributed by atoms with E-state index in [0.29, 0.717) is 19.1 Å². The number of anilines is 1. The summed E-state index contributed by atoms with van der Waals surface area (Å²) in [5.41, 5.74) is 1.94. The van der Waals surface area contributed by atoms with Gasteiger partial charge in [-0.2, -0.15) is 0 Å². The summed E-state index contributed by atoms with van der Waals surface area (Å²) in [5.74, 6) is 0.999. The predicted octanol–water partition coefficient (Wildman–Crippen LogP) is 4.34. The fraction of sp³-hybridized carbons (Fsp3) is 0.600. The molecule has 25 heavy (non-hydrogen) atoms. The lowest BCUT2D eigenvalue weighted by atomic mass is 10.0. The van der Waals surface area contributed by atoms with Gasteiger partial charge in [-0.3, -0.25) is 0 Å². The molecule has 1 aliphatic heterocycles. The van der Waals surface area contributed by atoms with Crippen LogP contribution in [0.2, 0.25) is 0 Å². The van der Waals surface area contributed by atoms with Crippen molar-refractivity contribution < 1.29 is 9.53 Å². The van der Waals surface area contributed by atoms with Gasteiger partial charge in [0.05, 0.1) is 0 Å². The second-order valence-electron chi connectivity index (χ2n) is 7.95. The highest BCUT2D eigenvalue weighted by Crippen LogP contribution is 2.25. The van der Waals surface area contributed by atoms with Gasteiger partial charge in [0.15, 0.2) is 0 Å². The molecule has 1 aromatic rings. The Balaban J connectivity index is 2.02. The summed E-state index contributed by atoms with van der Waals surface area (Å²) >= 11 is 0. The lowest BCUT2D eigenvalue weighted by Gasteiger charge is -2.38. The molecule has 0 aliphatic carbocycles. The third-order valence-corrected chi connectivity index (χ3v) is 4.26. The van der Waals surface area contributed by atoms with E-state index < -0.39 is 5.60 Å². The number of piperidine rings is 1. The van der Waals surface area contributed by atoms with Gasteiger partial charge in [0.2, 0.25) is 0 Å². The van der Waals surface area contributed by atoms with Crippen LogP contribution in [0.5, 0.6) is 0 Å². The Morgan fingerprint density at radius 1 is 1.32 bits per heavy atom. The number of carbonyl (C=O) groups is 1. The van der Waals surface area contributed by atoms with Crippen molar-refractivity contribution in [2.45, 2.75) is 59.1 Å². The molecule has 1 amide bonds. The molecule has 2 heterocycles. The fourth-order valence-electron chi connectivity index (χ4n) is 3.06. The molecule has 1 saturated heterocycles. The summed E-state index contributed by atoms with van der Waals surface area (Å²) < 4.78 is 5.47. The van der Waals surface area contributed by atoms with Gasteiger partial charge in [-0.15, -0.1) is 0 Å². The van der Waals surface area contributed by atoms with Gasteiger partial charge in [-0.1, -0.05) is 11.6 Å². The lowest BCUT2D eigenvalue weighted by Crippen LogP contribution is -2.47. The summed E-state index contributed by atoms with van der Waals surface area (Å²) in [4.78, 5) is 20.9. The van der Waals surface area contributed by atoms with Crippen LogP contribution in [0.15, 0.2) is 23.9 Å². The quantitative estimate of drug-likeness (QED) is 0.817. The number of aromatic nitrogens is 1. The molecule has 0 unspecified atom stereocenters. The molecule has 0 atom stereocenters. The van der Waals surface area contributed by atoms with E-state index in [1.54, 1.807) is 0 Å². The average Bonchev–Trinajstić information content (AvgIpc) is 2.53. The van der Waals surface area contributed by atoms with Crippen LogP contribution < -0.4 is 4.90 Å². The van der Waals surface area contributed by atoms with Gasteiger partial charge in [0.1, 0.15) is 11.4 Å². The van der Waals surface area contributed by atoms with E-state index >= 15 is 0 Å². The minimum atomic E-state index is -0.446. The van der Waals surface area contributed by atoms with Gasteiger partial charge < -0.3 is 14.5 Å². The van der Waals surface area contributed by atoms with Crippen molar-refractivity contribution in [2.75, 3.05) is 25.0 Å². The standard InChI is InChI=1S/C20H31N3O2/c1-15(2)14-16-8-7-11-21-18(16)22(6)17-9-12-23(13-10-17)19(24)25-20(3,4)5/h7-8,11,14,17H,9-10,12-13H2,1-6H3. The number of hydrogen-bond acceptors (Lipinski definition) is 4. The Morgan fingerprint density at radius 2 is 1.96 bits per heavy atom. The van der Waals surface area contributed by atoms with E-state index in [1.807, 2.05) is 37.9 Å². The minimum absolute atomic E-state index is 0.211. The topological polar surface area (TPSA) is 45.7 Å². The summed E-state index contributed by atoms with van der Waals surface area (Å²) in [5, 5.41) is 0. The van der Waals surface area contributed by atoms with Crippen molar-refractivity contribution >= 4 is 18.0 Å². The fourth-order valence-corrected chi connectivity index (χ4v) is 3.06. The Labute approximate surface area is 151 Å². The zero-order valence-corrected chi connectivity index (χ0v) is 16.4. The van der Waals surface area contributed by atoms with E-state index in [4.69, 9.17) is 4.74 Å². The van der Waals surface area contributed by atoms with Crippen LogP contribution in [0.25, 0.3) is 6.08 Å². The van der Waals surface area contributed by atoms with Crippen LogP contribution in [0.1, 0.15) is 53.0 Å². The predicted molar refractivity (Wildman–Crippen MR) is 103 cm³/mol. The van der Waals surface area contributed by atoms with Gasteiger partial charge in [-0.05, 0) is 59.6 Å². The number of hydrogen-bond donors (Lipinski definition) is 0. The van der Waals surface area contributed by atoms with Crippen molar-refractivity contribution in [2.24, 2.45) is 0 Å². The Bertz CT molecular complexity index is 622. The first-order valence-electron chi connectivity index (χ1n) is 8.98. The Morgan fingerprint density at radius 3 is 2.52 bits per heavy atom. The third kappa shape index (κ3) is 5.48. The number of rotatable bonds is 3. The molecule has 0 bridgehead atoms. The number of allylic oxidation sites excluding steroid dienone is 1. The van der Waals surface area contributed by atoms with E-state index in [-0.39, 0.29) is 6.09 Å². The maximum Gasteiger partial charge on any atom is 0.410 e. The molecule has 0 N–H and O–H groups in total. The number of ether oxygens (including phenoxy) is 1. The maximum atomic E-state index is 12.2. The summed E-state index contributed by atoms with van der Waals surface area (Å²) in [6, 6.07) is 4.44. The third-order valence-electron chi connectivity index (χ3n) is 4.26. The van der Waals surface area contributed by atoms with Gasteiger partial charge in [0, 0.05) is 37.9 Å². The van der Waals surface area contributed by atoms with Crippen LogP contribution in [0, 0.1) is 0 Å². The van der Waals surface area contributed by atoms with Gasteiger partial charge in [-0.25, -0.2) is 9.78 Å². The van der Waals surface area contributed by atoms with Crippen molar-refractivity contribution in [1.82, 2.24) is 9.88 Å². The molecule has 1 fully saturated rings. The van der Waals surface area contributed by atoms with Crippen LogP contribution in [-0.2, 0) is 4.74 Å². The highest BCUT2D eigenvalue weighted by molar-refractivity contribution is 5.68. The number of likely N-dealkylation sites (tertiary alicyclic amines) is 1. The van der Waals surface area contributed by atoms with Crippen molar-refractivity contribution in [3.63, 3.8) is 0 Å². The van der Waals surface area contributed by atoms with Crippen LogP contribution in [-0.4, -0.2) is 47.8 Å². The molecule has 0 spiro atoms. The van der Waals surface area contributed by atoms with E-state index in [2.05, 4.69) is 42.9 Å². The van der Waals surface area contributed by atoms with E-state index in [9.17, 15) is 4.79 Å². The van der Waals surface area contributed by atoms with Crippen molar-refractivity contribution in [3.8, 4) is 0 Å². The van der Waals surface area contributed by atoms with Gasteiger partial charge >= 0.3 is 6.09 Å². The van der Waals surface area contributed by atoms with Crippen molar-refractivity contribution in [3.05, 3.63) is 29.5 Å². The molecule has 0 radical (unpaired) electrons. The molecule has 1 aromatic heterocycles. The smallest absolute Gasteiger partial charge is 0.410 e. The first kappa shape index (κ1) is 19.3. The second kappa shape index (κ2) is 7.89. The van der Waals surface area contributed by atoms with Crippen LogP contribution >= 0.6 is 0 Å². The zero-order chi connectivity index (χ0) is 18.6. The van der Waals surface area contributed by atoms with E-state index in [1.165, 1.54) is 5.57 Å². The Hall–Kier alpha value is -2.04. The second-order valence-corrected chi connectivity index (χ2v) is 7.95. The Kier molecular flexibility index (Phi) is 6.09. The highest BCUT2D eigenvalue weighted by atomic mass is 16.6. The van der Waals surface area contributed by atoms with E-state index in [0.717, 1.165) is 24.2 Å².